The van der Waals surface area contributed by atoms with Gasteiger partial charge in [0, 0.05) is 12.8 Å². The van der Waals surface area contributed by atoms with E-state index in [1.807, 2.05) is 13.0 Å². The largest absolute Gasteiger partial charge is 0.508 e. The van der Waals surface area contributed by atoms with Crippen molar-refractivity contribution >= 4 is 5.78 Å². The lowest BCUT2D eigenvalue weighted by Crippen LogP contribution is -1.98. The summed E-state index contributed by atoms with van der Waals surface area (Å²) in [6, 6.07) is 7.07. The molecule has 1 aromatic rings. The fourth-order valence-electron chi connectivity index (χ4n) is 1.40. The molecule has 0 aliphatic heterocycles. The molecular weight excluding hydrogens is 176 g/mol. The molecule has 0 unspecified atom stereocenters. The zero-order chi connectivity index (χ0) is 10.4. The van der Waals surface area contributed by atoms with Crippen LogP contribution in [0.4, 0.5) is 0 Å². The van der Waals surface area contributed by atoms with E-state index in [-0.39, 0.29) is 5.75 Å². The summed E-state index contributed by atoms with van der Waals surface area (Å²) in [6.45, 7) is 2.01. The minimum Gasteiger partial charge on any atom is -0.508 e. The lowest BCUT2D eigenvalue weighted by molar-refractivity contribution is -0.119. The van der Waals surface area contributed by atoms with Crippen LogP contribution < -0.4 is 0 Å². The van der Waals surface area contributed by atoms with E-state index < -0.39 is 0 Å². The fourth-order valence-corrected chi connectivity index (χ4v) is 1.40. The maximum absolute atomic E-state index is 11.2. The van der Waals surface area contributed by atoms with Crippen molar-refractivity contribution in [2.24, 2.45) is 0 Å². The van der Waals surface area contributed by atoms with Crippen LogP contribution in [0.3, 0.4) is 0 Å². The van der Waals surface area contributed by atoms with E-state index in [2.05, 4.69) is 0 Å². The number of ketones is 1. The second-order valence-corrected chi connectivity index (χ2v) is 3.46. The lowest BCUT2D eigenvalue weighted by atomic mass is 10.1. The summed E-state index contributed by atoms with van der Waals surface area (Å²) in [5.41, 5.74) is 1.02. The van der Waals surface area contributed by atoms with E-state index >= 15 is 0 Å². The second-order valence-electron chi connectivity index (χ2n) is 3.46. The summed E-state index contributed by atoms with van der Waals surface area (Å²) in [5.74, 6) is 0.571. The molecule has 2 heteroatoms. The molecule has 1 rings (SSSR count). The Labute approximate surface area is 84.6 Å². The maximum Gasteiger partial charge on any atom is 0.133 e. The Morgan fingerprint density at radius 3 is 2.79 bits per heavy atom. The van der Waals surface area contributed by atoms with E-state index in [1.54, 1.807) is 18.2 Å². The Hall–Kier alpha value is -1.31. The fraction of sp³-hybridized carbons (Fsp3) is 0.417. The number of benzene rings is 1. The molecule has 0 saturated carbocycles. The first-order valence-electron chi connectivity index (χ1n) is 5.02. The minimum atomic E-state index is 0.269. The van der Waals surface area contributed by atoms with Crippen molar-refractivity contribution in [1.29, 1.82) is 0 Å². The number of phenolic OH excluding ortho intramolecular Hbond substituents is 1. The Morgan fingerprint density at radius 2 is 2.14 bits per heavy atom. The normalized spacial score (nSPS) is 10.1. The number of Topliss-reactive ketones (excluding diaryl/α,β-unsaturated/α-hetero) is 1. The van der Waals surface area contributed by atoms with Gasteiger partial charge >= 0.3 is 0 Å². The van der Waals surface area contributed by atoms with Gasteiger partial charge in [0.05, 0.1) is 0 Å². The van der Waals surface area contributed by atoms with Crippen LogP contribution in [-0.2, 0) is 11.2 Å². The SMILES string of the molecule is CCCC(=O)CCc1cccc(O)c1. The topological polar surface area (TPSA) is 37.3 Å². The molecule has 0 radical (unpaired) electrons. The van der Waals surface area contributed by atoms with Crippen LogP contribution in [0.5, 0.6) is 5.75 Å². The summed E-state index contributed by atoms with van der Waals surface area (Å²) in [4.78, 5) is 11.2. The number of aromatic hydroxyl groups is 1. The van der Waals surface area contributed by atoms with E-state index in [0.29, 0.717) is 18.6 Å². The molecule has 2 nitrogen and oxygen atoms in total. The summed E-state index contributed by atoms with van der Waals surface area (Å²) in [6.07, 6.45) is 2.89. The highest BCUT2D eigenvalue weighted by molar-refractivity contribution is 5.78. The third-order valence-electron chi connectivity index (χ3n) is 2.13. The highest BCUT2D eigenvalue weighted by atomic mass is 16.3. The Bertz CT molecular complexity index is 305. The van der Waals surface area contributed by atoms with Gasteiger partial charge in [-0.2, -0.15) is 0 Å². The number of carbonyl (C=O) groups is 1. The van der Waals surface area contributed by atoms with Gasteiger partial charge in [0.15, 0.2) is 0 Å². The third kappa shape index (κ3) is 3.60. The molecule has 0 heterocycles. The maximum atomic E-state index is 11.2. The summed E-state index contributed by atoms with van der Waals surface area (Å²) in [5, 5.41) is 9.20. The highest BCUT2D eigenvalue weighted by Crippen LogP contribution is 2.12. The number of aryl methyl sites for hydroxylation is 1. The first-order chi connectivity index (χ1) is 6.72. The number of hydrogen-bond acceptors (Lipinski definition) is 2. The Morgan fingerprint density at radius 1 is 1.36 bits per heavy atom. The average molecular weight is 192 g/mol. The Kier molecular flexibility index (Phi) is 4.17. The predicted molar refractivity (Wildman–Crippen MR) is 56.3 cm³/mol. The van der Waals surface area contributed by atoms with Gasteiger partial charge in [-0.15, -0.1) is 0 Å². The molecular formula is C12H16O2. The predicted octanol–water partition coefficient (Wildman–Crippen LogP) is 2.69. The monoisotopic (exact) mass is 192 g/mol. The Balaban J connectivity index is 2.41. The van der Waals surface area contributed by atoms with Crippen molar-refractivity contribution in [3.8, 4) is 5.75 Å². The van der Waals surface area contributed by atoms with Crippen LogP contribution in [0.15, 0.2) is 24.3 Å². The van der Waals surface area contributed by atoms with Gasteiger partial charge in [-0.25, -0.2) is 0 Å². The molecule has 1 N–H and O–H groups in total. The van der Waals surface area contributed by atoms with Gasteiger partial charge in [-0.1, -0.05) is 19.1 Å². The number of hydrogen-bond donors (Lipinski definition) is 1. The van der Waals surface area contributed by atoms with E-state index in [0.717, 1.165) is 18.4 Å². The van der Waals surface area contributed by atoms with Crippen molar-refractivity contribution in [2.45, 2.75) is 32.6 Å². The van der Waals surface area contributed by atoms with Gasteiger partial charge in [-0.3, -0.25) is 4.79 Å². The molecule has 0 atom stereocenters. The first kappa shape index (κ1) is 10.8. The molecule has 76 valence electrons. The molecule has 0 amide bonds. The van der Waals surface area contributed by atoms with Crippen LogP contribution in [0, 0.1) is 0 Å². The molecule has 0 aromatic heterocycles. The first-order valence-corrected chi connectivity index (χ1v) is 5.02. The zero-order valence-electron chi connectivity index (χ0n) is 8.49. The number of phenols is 1. The third-order valence-corrected chi connectivity index (χ3v) is 2.13. The van der Waals surface area contributed by atoms with Crippen LogP contribution >= 0.6 is 0 Å². The van der Waals surface area contributed by atoms with Gasteiger partial charge in [0.25, 0.3) is 0 Å². The van der Waals surface area contributed by atoms with E-state index in [4.69, 9.17) is 0 Å². The lowest BCUT2D eigenvalue weighted by Gasteiger charge is -2.00. The molecule has 0 aliphatic carbocycles. The molecule has 0 bridgehead atoms. The summed E-state index contributed by atoms with van der Waals surface area (Å²) < 4.78 is 0. The molecule has 0 aliphatic rings. The van der Waals surface area contributed by atoms with Gasteiger partial charge in [-0.05, 0) is 30.5 Å². The molecule has 0 fully saturated rings. The van der Waals surface area contributed by atoms with Crippen molar-refractivity contribution in [3.63, 3.8) is 0 Å². The average Bonchev–Trinajstić information content (AvgIpc) is 2.15. The summed E-state index contributed by atoms with van der Waals surface area (Å²) in [7, 11) is 0. The smallest absolute Gasteiger partial charge is 0.133 e. The second kappa shape index (κ2) is 5.43. The van der Waals surface area contributed by atoms with Gasteiger partial charge < -0.3 is 5.11 Å². The number of carbonyl (C=O) groups excluding carboxylic acids is 1. The van der Waals surface area contributed by atoms with Crippen molar-refractivity contribution < 1.29 is 9.90 Å². The van der Waals surface area contributed by atoms with Gasteiger partial charge in [0.2, 0.25) is 0 Å². The molecule has 1 aromatic carbocycles. The van der Waals surface area contributed by atoms with Crippen LogP contribution in [0.25, 0.3) is 0 Å². The minimum absolute atomic E-state index is 0.269. The van der Waals surface area contributed by atoms with Crippen molar-refractivity contribution in [3.05, 3.63) is 29.8 Å². The molecule has 0 saturated heterocycles. The highest BCUT2D eigenvalue weighted by Gasteiger charge is 2.01. The van der Waals surface area contributed by atoms with Crippen LogP contribution in [-0.4, -0.2) is 10.9 Å². The van der Waals surface area contributed by atoms with E-state index in [9.17, 15) is 9.90 Å². The van der Waals surface area contributed by atoms with Crippen molar-refractivity contribution in [1.82, 2.24) is 0 Å². The van der Waals surface area contributed by atoms with Crippen LogP contribution in [0.1, 0.15) is 31.7 Å². The standard InChI is InChI=1S/C12H16O2/c1-2-4-11(13)8-7-10-5-3-6-12(14)9-10/h3,5-6,9,14H,2,4,7-8H2,1H3. The quantitative estimate of drug-likeness (QED) is 0.778. The molecule has 14 heavy (non-hydrogen) atoms. The van der Waals surface area contributed by atoms with Crippen LogP contribution in [0.2, 0.25) is 0 Å². The van der Waals surface area contributed by atoms with Crippen molar-refractivity contribution in [2.75, 3.05) is 0 Å². The summed E-state index contributed by atoms with van der Waals surface area (Å²) >= 11 is 0. The zero-order valence-corrected chi connectivity index (χ0v) is 8.49. The van der Waals surface area contributed by atoms with Gasteiger partial charge in [0.1, 0.15) is 11.5 Å². The number of rotatable bonds is 5. The van der Waals surface area contributed by atoms with E-state index in [1.165, 1.54) is 0 Å². The molecule has 0 spiro atoms.